The molecule has 426 valence electrons. The van der Waals surface area contributed by atoms with Crippen LogP contribution in [0.2, 0.25) is 0 Å². The molecule has 6 heteroatoms. The van der Waals surface area contributed by atoms with Gasteiger partial charge in [-0.15, -0.1) is 0 Å². The Morgan fingerprint density at radius 3 is 0.853 bits per heavy atom. The summed E-state index contributed by atoms with van der Waals surface area (Å²) in [5.41, 5.74) is 0. The molecular formula is C69H114O6. The molecule has 6 nitrogen and oxygen atoms in total. The van der Waals surface area contributed by atoms with Crippen LogP contribution in [-0.2, 0) is 28.6 Å². The van der Waals surface area contributed by atoms with Crippen LogP contribution >= 0.6 is 0 Å². The van der Waals surface area contributed by atoms with Crippen molar-refractivity contribution in [2.45, 2.75) is 284 Å². The third kappa shape index (κ3) is 60.6. The first-order valence-corrected chi connectivity index (χ1v) is 31.0. The van der Waals surface area contributed by atoms with Gasteiger partial charge in [-0.25, -0.2) is 0 Å². The lowest BCUT2D eigenvalue weighted by Gasteiger charge is -2.18. The minimum atomic E-state index is -0.809. The molecule has 0 aromatic carbocycles. The lowest BCUT2D eigenvalue weighted by Crippen LogP contribution is -2.30. The van der Waals surface area contributed by atoms with Crippen LogP contribution in [0.25, 0.3) is 0 Å². The van der Waals surface area contributed by atoms with E-state index in [4.69, 9.17) is 14.2 Å². The summed E-state index contributed by atoms with van der Waals surface area (Å²) in [5.74, 6) is -0.963. The first kappa shape index (κ1) is 70.8. The second kappa shape index (κ2) is 62.4. The van der Waals surface area contributed by atoms with Crippen molar-refractivity contribution < 1.29 is 28.6 Å². The monoisotopic (exact) mass is 1040 g/mol. The Morgan fingerprint density at radius 2 is 0.520 bits per heavy atom. The summed E-state index contributed by atoms with van der Waals surface area (Å²) in [7, 11) is 0. The number of hydrogen-bond acceptors (Lipinski definition) is 6. The van der Waals surface area contributed by atoms with Gasteiger partial charge in [0.05, 0.1) is 0 Å². The van der Waals surface area contributed by atoms with Gasteiger partial charge in [0, 0.05) is 19.3 Å². The van der Waals surface area contributed by atoms with E-state index < -0.39 is 6.10 Å². The van der Waals surface area contributed by atoms with Crippen LogP contribution in [0, 0.1) is 0 Å². The van der Waals surface area contributed by atoms with Gasteiger partial charge < -0.3 is 14.2 Å². The maximum Gasteiger partial charge on any atom is 0.306 e. The lowest BCUT2D eigenvalue weighted by molar-refractivity contribution is -0.167. The number of hydrogen-bond donors (Lipinski definition) is 0. The SMILES string of the molecule is CC/C=C\C/C=C\C/C=C\C/C=C\C/C=C\C/C=C\CCCCC(=O)OCC(COC(=O)CCCCCCC/C=C\C/C=C\C/C=C\CC)OC(=O)CCCCCCCCCCC/C=C\CCCCCCCCCC. The normalized spacial score (nSPS) is 12.9. The van der Waals surface area contributed by atoms with Gasteiger partial charge in [-0.2, -0.15) is 0 Å². The molecule has 0 aliphatic carbocycles. The van der Waals surface area contributed by atoms with Crippen molar-refractivity contribution in [2.24, 2.45) is 0 Å². The molecule has 0 aliphatic rings. The summed E-state index contributed by atoms with van der Waals surface area (Å²) in [6, 6.07) is 0. The fraction of sp³-hybridized carbons (Fsp3) is 0.667. The molecule has 1 unspecified atom stereocenters. The van der Waals surface area contributed by atoms with Crippen molar-refractivity contribution in [2.75, 3.05) is 13.2 Å². The largest absolute Gasteiger partial charge is 0.462 e. The lowest BCUT2D eigenvalue weighted by atomic mass is 10.1. The predicted octanol–water partition coefficient (Wildman–Crippen LogP) is 21.2. The maximum absolute atomic E-state index is 12.9. The van der Waals surface area contributed by atoms with Crippen molar-refractivity contribution in [3.8, 4) is 0 Å². The Morgan fingerprint density at radius 1 is 0.280 bits per heavy atom. The van der Waals surface area contributed by atoms with E-state index in [-0.39, 0.29) is 31.1 Å². The van der Waals surface area contributed by atoms with E-state index in [2.05, 4.69) is 142 Å². The minimum absolute atomic E-state index is 0.104. The van der Waals surface area contributed by atoms with Crippen molar-refractivity contribution >= 4 is 17.9 Å². The van der Waals surface area contributed by atoms with E-state index >= 15 is 0 Å². The van der Waals surface area contributed by atoms with Gasteiger partial charge >= 0.3 is 17.9 Å². The van der Waals surface area contributed by atoms with Gasteiger partial charge in [-0.05, 0) is 128 Å². The van der Waals surface area contributed by atoms with E-state index in [9.17, 15) is 14.4 Å². The Labute approximate surface area is 462 Å². The molecule has 0 saturated heterocycles. The fourth-order valence-corrected chi connectivity index (χ4v) is 8.34. The highest BCUT2D eigenvalue weighted by molar-refractivity contribution is 5.71. The molecule has 0 rings (SSSR count). The van der Waals surface area contributed by atoms with Crippen molar-refractivity contribution in [1.82, 2.24) is 0 Å². The predicted molar refractivity (Wildman–Crippen MR) is 325 cm³/mol. The summed E-state index contributed by atoms with van der Waals surface area (Å²) < 4.78 is 16.9. The summed E-state index contributed by atoms with van der Waals surface area (Å²) >= 11 is 0. The molecule has 1 atom stereocenters. The van der Waals surface area contributed by atoms with Crippen LogP contribution in [0.1, 0.15) is 278 Å². The zero-order valence-corrected chi connectivity index (χ0v) is 48.8. The second-order valence-corrected chi connectivity index (χ2v) is 20.2. The quantitative estimate of drug-likeness (QED) is 0.0261. The smallest absolute Gasteiger partial charge is 0.306 e. The molecule has 0 N–H and O–H groups in total. The second-order valence-electron chi connectivity index (χ2n) is 20.2. The van der Waals surface area contributed by atoms with Crippen LogP contribution in [0.15, 0.2) is 122 Å². The van der Waals surface area contributed by atoms with Crippen LogP contribution in [0.3, 0.4) is 0 Å². The van der Waals surface area contributed by atoms with Crippen molar-refractivity contribution in [3.05, 3.63) is 122 Å². The molecule has 0 radical (unpaired) electrons. The average molecular weight is 1040 g/mol. The molecule has 0 spiro atoms. The first-order valence-electron chi connectivity index (χ1n) is 31.0. The topological polar surface area (TPSA) is 78.9 Å². The highest BCUT2D eigenvalue weighted by Crippen LogP contribution is 2.15. The molecule has 0 aromatic heterocycles. The highest BCUT2D eigenvalue weighted by Gasteiger charge is 2.19. The van der Waals surface area contributed by atoms with E-state index in [0.29, 0.717) is 25.7 Å². The van der Waals surface area contributed by atoms with Crippen LogP contribution < -0.4 is 0 Å². The molecule has 0 amide bonds. The third-order valence-electron chi connectivity index (χ3n) is 12.9. The molecule has 0 bridgehead atoms. The molecule has 0 heterocycles. The van der Waals surface area contributed by atoms with Gasteiger partial charge in [0.2, 0.25) is 0 Å². The Kier molecular flexibility index (Phi) is 58.9. The van der Waals surface area contributed by atoms with Crippen molar-refractivity contribution in [1.29, 1.82) is 0 Å². The van der Waals surface area contributed by atoms with Gasteiger partial charge in [-0.1, -0.05) is 251 Å². The molecule has 75 heavy (non-hydrogen) atoms. The number of rotatable bonds is 55. The van der Waals surface area contributed by atoms with Gasteiger partial charge in [0.25, 0.3) is 0 Å². The zero-order valence-electron chi connectivity index (χ0n) is 48.8. The summed E-state index contributed by atoms with van der Waals surface area (Å²) in [4.78, 5) is 38.3. The maximum atomic E-state index is 12.9. The molecule has 0 aromatic rings. The Bertz CT molecular complexity index is 1570. The average Bonchev–Trinajstić information content (AvgIpc) is 3.41. The third-order valence-corrected chi connectivity index (χ3v) is 12.9. The number of allylic oxidation sites excluding steroid dienone is 20. The van der Waals surface area contributed by atoms with E-state index in [1.54, 1.807) is 0 Å². The highest BCUT2D eigenvalue weighted by atomic mass is 16.6. The van der Waals surface area contributed by atoms with Crippen molar-refractivity contribution in [3.63, 3.8) is 0 Å². The van der Waals surface area contributed by atoms with Crippen LogP contribution in [0.5, 0.6) is 0 Å². The fourth-order valence-electron chi connectivity index (χ4n) is 8.34. The van der Waals surface area contributed by atoms with Crippen LogP contribution in [0.4, 0.5) is 0 Å². The van der Waals surface area contributed by atoms with E-state index in [1.165, 1.54) is 103 Å². The summed E-state index contributed by atoms with van der Waals surface area (Å²) in [6.07, 6.45) is 86.3. The van der Waals surface area contributed by atoms with E-state index in [0.717, 1.165) is 128 Å². The number of ether oxygens (including phenoxy) is 3. The summed E-state index contributed by atoms with van der Waals surface area (Å²) in [5, 5.41) is 0. The Balaban J connectivity index is 4.48. The molecular weight excluding hydrogens is 925 g/mol. The molecule has 0 saturated carbocycles. The van der Waals surface area contributed by atoms with Gasteiger partial charge in [0.1, 0.15) is 13.2 Å². The molecule has 0 fully saturated rings. The first-order chi connectivity index (χ1) is 37.0. The Hall–Kier alpha value is -4.19. The van der Waals surface area contributed by atoms with E-state index in [1.807, 2.05) is 0 Å². The number of esters is 3. The number of carbonyl (C=O) groups is 3. The van der Waals surface area contributed by atoms with Gasteiger partial charge in [0.15, 0.2) is 6.10 Å². The minimum Gasteiger partial charge on any atom is -0.462 e. The number of carbonyl (C=O) groups excluding carboxylic acids is 3. The van der Waals surface area contributed by atoms with Crippen LogP contribution in [-0.4, -0.2) is 37.2 Å². The van der Waals surface area contributed by atoms with Gasteiger partial charge in [-0.3, -0.25) is 14.4 Å². The summed E-state index contributed by atoms with van der Waals surface area (Å²) in [6.45, 7) is 6.37. The zero-order chi connectivity index (χ0) is 54.3. The number of unbranched alkanes of at least 4 members (excludes halogenated alkanes) is 24. The standard InChI is InChI=1S/C69H114O6/c1-4-7-10-13-16-19-22-25-28-30-32-34-36-38-41-44-47-50-53-56-59-62-68(71)74-65-66(64-73-67(70)61-58-55-52-49-46-43-40-27-24-21-18-15-12-9-6-3)75-69(72)63-60-57-54-51-48-45-42-39-37-35-33-31-29-26-23-20-17-14-11-8-5-2/h7,9-10,12,16,18-19,21,25,27-28,31-34,38,40-41,47,50,66H,4-6,8,11,13-15,17,20,22-24,26,29-30,35-37,39,42-46,48-49,51-65H2,1-3H3/b10-7-,12-9-,19-16-,21-18-,28-25-,33-31-,34-32-,40-27-,41-38-,50-47-. The molecule has 0 aliphatic heterocycles.